The Hall–Kier alpha value is -2.62. The quantitative estimate of drug-likeness (QED) is 0.914. The highest BCUT2D eigenvalue weighted by molar-refractivity contribution is 5.62. The fraction of sp³-hybridized carbons (Fsp3) is 0.154. The molecule has 1 N–H and O–H groups in total. The molecule has 0 radical (unpaired) electrons. The molecule has 0 atom stereocenters. The van der Waals surface area contributed by atoms with Crippen molar-refractivity contribution in [1.29, 1.82) is 5.26 Å². The molecular weight excluding hydrogens is 269 g/mol. The first-order valence-electron chi connectivity index (χ1n) is 5.58. The lowest BCUT2D eigenvalue weighted by atomic mass is 10.2. The molecule has 0 saturated heterocycles. The first-order valence-corrected chi connectivity index (χ1v) is 5.58. The van der Waals surface area contributed by atoms with Gasteiger partial charge < -0.3 is 5.32 Å². The van der Waals surface area contributed by atoms with Crippen molar-refractivity contribution in [2.75, 3.05) is 5.32 Å². The number of hydrogen-bond acceptors (Lipinski definition) is 4. The number of hydrogen-bond donors (Lipinski definition) is 1. The second-order valence-corrected chi connectivity index (χ2v) is 4.02. The van der Waals surface area contributed by atoms with Gasteiger partial charge in [0.2, 0.25) is 0 Å². The van der Waals surface area contributed by atoms with E-state index in [4.69, 9.17) is 5.26 Å². The first-order chi connectivity index (χ1) is 9.40. The maximum absolute atomic E-state index is 12.6. The SMILES string of the molecule is Cc1ccc(Nc2nc(C(F)(F)F)ccc2C#N)cn1. The fourth-order valence-corrected chi connectivity index (χ4v) is 1.48. The van der Waals surface area contributed by atoms with Gasteiger partial charge in [-0.15, -0.1) is 0 Å². The van der Waals surface area contributed by atoms with Crippen LogP contribution in [0.25, 0.3) is 0 Å². The van der Waals surface area contributed by atoms with E-state index in [1.165, 1.54) is 6.20 Å². The lowest BCUT2D eigenvalue weighted by Crippen LogP contribution is -2.10. The molecule has 2 aromatic rings. The molecule has 0 aliphatic carbocycles. The summed E-state index contributed by atoms with van der Waals surface area (Å²) in [7, 11) is 0. The van der Waals surface area contributed by atoms with Gasteiger partial charge in [-0.1, -0.05) is 0 Å². The van der Waals surface area contributed by atoms with Gasteiger partial charge >= 0.3 is 6.18 Å². The normalized spacial score (nSPS) is 10.9. The standard InChI is InChI=1S/C13H9F3N4/c1-8-2-4-10(7-18-8)19-12-9(6-17)3-5-11(20-12)13(14,15)16/h2-5,7H,1H3,(H,19,20). The molecule has 0 saturated carbocycles. The summed E-state index contributed by atoms with van der Waals surface area (Å²) >= 11 is 0. The van der Waals surface area contributed by atoms with Crippen molar-refractivity contribution in [1.82, 2.24) is 9.97 Å². The van der Waals surface area contributed by atoms with Crippen molar-refractivity contribution in [3.05, 3.63) is 47.4 Å². The summed E-state index contributed by atoms with van der Waals surface area (Å²) in [6, 6.07) is 6.99. The molecule has 0 fully saturated rings. The minimum Gasteiger partial charge on any atom is -0.338 e. The van der Waals surface area contributed by atoms with E-state index in [1.807, 2.05) is 0 Å². The second-order valence-electron chi connectivity index (χ2n) is 4.02. The first kappa shape index (κ1) is 13.8. The lowest BCUT2D eigenvalue weighted by molar-refractivity contribution is -0.141. The minimum atomic E-state index is -4.56. The monoisotopic (exact) mass is 278 g/mol. The Morgan fingerprint density at radius 1 is 1.20 bits per heavy atom. The predicted molar refractivity (Wildman–Crippen MR) is 66.2 cm³/mol. The predicted octanol–water partition coefficient (Wildman–Crippen LogP) is 3.42. The van der Waals surface area contributed by atoms with E-state index < -0.39 is 11.9 Å². The van der Waals surface area contributed by atoms with Crippen molar-refractivity contribution in [2.24, 2.45) is 0 Å². The van der Waals surface area contributed by atoms with Crippen molar-refractivity contribution in [3.63, 3.8) is 0 Å². The highest BCUT2D eigenvalue weighted by Crippen LogP contribution is 2.30. The van der Waals surface area contributed by atoms with Crippen molar-refractivity contribution in [2.45, 2.75) is 13.1 Å². The number of nitriles is 1. The molecule has 0 aromatic carbocycles. The summed E-state index contributed by atoms with van der Waals surface area (Å²) in [5, 5.41) is 11.6. The molecule has 0 aliphatic rings. The number of nitrogens with zero attached hydrogens (tertiary/aromatic N) is 3. The van der Waals surface area contributed by atoms with E-state index in [0.717, 1.165) is 17.8 Å². The third kappa shape index (κ3) is 3.03. The van der Waals surface area contributed by atoms with Gasteiger partial charge in [-0.05, 0) is 31.2 Å². The zero-order valence-corrected chi connectivity index (χ0v) is 10.4. The van der Waals surface area contributed by atoms with E-state index in [9.17, 15) is 13.2 Å². The Morgan fingerprint density at radius 2 is 1.95 bits per heavy atom. The third-order valence-corrected chi connectivity index (χ3v) is 2.48. The second kappa shape index (κ2) is 5.17. The number of anilines is 2. The number of halogens is 3. The van der Waals surface area contributed by atoms with Crippen LogP contribution >= 0.6 is 0 Å². The Balaban J connectivity index is 2.39. The van der Waals surface area contributed by atoms with Crippen LogP contribution in [0.4, 0.5) is 24.7 Å². The summed E-state index contributed by atoms with van der Waals surface area (Å²) in [4.78, 5) is 7.45. The maximum Gasteiger partial charge on any atom is 0.433 e. The highest BCUT2D eigenvalue weighted by atomic mass is 19.4. The van der Waals surface area contributed by atoms with Crippen LogP contribution in [0.15, 0.2) is 30.5 Å². The van der Waals surface area contributed by atoms with Crippen molar-refractivity contribution >= 4 is 11.5 Å². The van der Waals surface area contributed by atoms with Crippen molar-refractivity contribution in [3.8, 4) is 6.07 Å². The number of rotatable bonds is 2. The van der Waals surface area contributed by atoms with Gasteiger partial charge in [-0.25, -0.2) is 4.98 Å². The van der Waals surface area contributed by atoms with Gasteiger partial charge in [0.1, 0.15) is 17.6 Å². The average molecular weight is 278 g/mol. The van der Waals surface area contributed by atoms with Crippen LogP contribution in [0, 0.1) is 18.3 Å². The molecule has 7 heteroatoms. The van der Waals surface area contributed by atoms with Gasteiger partial charge in [0, 0.05) is 5.69 Å². The average Bonchev–Trinajstić information content (AvgIpc) is 2.40. The Labute approximate surface area is 112 Å². The third-order valence-electron chi connectivity index (χ3n) is 2.48. The molecule has 2 rings (SSSR count). The fourth-order valence-electron chi connectivity index (χ4n) is 1.48. The van der Waals surface area contributed by atoms with Crippen LogP contribution in [-0.4, -0.2) is 9.97 Å². The molecule has 2 heterocycles. The maximum atomic E-state index is 12.6. The molecule has 102 valence electrons. The Kier molecular flexibility index (Phi) is 3.57. The molecule has 0 amide bonds. The Morgan fingerprint density at radius 3 is 2.50 bits per heavy atom. The van der Waals surface area contributed by atoms with Crippen LogP contribution in [0.1, 0.15) is 17.0 Å². The summed E-state index contributed by atoms with van der Waals surface area (Å²) in [6.45, 7) is 1.78. The summed E-state index contributed by atoms with van der Waals surface area (Å²) < 4.78 is 37.8. The van der Waals surface area contributed by atoms with E-state index in [1.54, 1.807) is 25.1 Å². The van der Waals surface area contributed by atoms with Gasteiger partial charge in [0.05, 0.1) is 17.4 Å². The van der Waals surface area contributed by atoms with E-state index in [-0.39, 0.29) is 11.4 Å². The smallest absolute Gasteiger partial charge is 0.338 e. The zero-order valence-electron chi connectivity index (χ0n) is 10.4. The summed E-state index contributed by atoms with van der Waals surface area (Å²) in [5.74, 6) is -0.145. The van der Waals surface area contributed by atoms with Crippen LogP contribution in [-0.2, 0) is 6.18 Å². The van der Waals surface area contributed by atoms with Crippen LogP contribution in [0.2, 0.25) is 0 Å². The Bertz CT molecular complexity index is 657. The number of aromatic nitrogens is 2. The van der Waals surface area contributed by atoms with Crippen molar-refractivity contribution < 1.29 is 13.2 Å². The lowest BCUT2D eigenvalue weighted by Gasteiger charge is -2.11. The summed E-state index contributed by atoms with van der Waals surface area (Å²) in [6.07, 6.45) is -3.10. The number of nitrogens with one attached hydrogen (secondary N) is 1. The molecule has 2 aromatic heterocycles. The minimum absolute atomic E-state index is 0.0265. The zero-order chi connectivity index (χ0) is 14.8. The molecule has 0 bridgehead atoms. The molecule has 0 aliphatic heterocycles. The molecule has 0 unspecified atom stereocenters. The van der Waals surface area contributed by atoms with Crippen LogP contribution in [0.3, 0.4) is 0 Å². The number of aryl methyl sites for hydroxylation is 1. The van der Waals surface area contributed by atoms with Crippen LogP contribution in [0.5, 0.6) is 0 Å². The molecule has 0 spiro atoms. The van der Waals surface area contributed by atoms with Gasteiger partial charge in [-0.3, -0.25) is 4.98 Å². The molecule has 4 nitrogen and oxygen atoms in total. The molecular formula is C13H9F3N4. The van der Waals surface area contributed by atoms with E-state index in [0.29, 0.717) is 5.69 Å². The summed E-state index contributed by atoms with van der Waals surface area (Å²) in [5.41, 5.74) is 0.199. The topological polar surface area (TPSA) is 61.6 Å². The van der Waals surface area contributed by atoms with Crippen LogP contribution < -0.4 is 5.32 Å². The number of pyridine rings is 2. The van der Waals surface area contributed by atoms with Gasteiger partial charge in [-0.2, -0.15) is 18.4 Å². The largest absolute Gasteiger partial charge is 0.433 e. The highest BCUT2D eigenvalue weighted by Gasteiger charge is 2.33. The number of alkyl halides is 3. The van der Waals surface area contributed by atoms with E-state index in [2.05, 4.69) is 15.3 Å². The molecule has 20 heavy (non-hydrogen) atoms. The van der Waals surface area contributed by atoms with Gasteiger partial charge in [0.15, 0.2) is 0 Å². The van der Waals surface area contributed by atoms with Gasteiger partial charge in [0.25, 0.3) is 0 Å². The van der Waals surface area contributed by atoms with E-state index >= 15 is 0 Å².